The number of nitrogens with one attached hydrogen (secondary N) is 1. The highest BCUT2D eigenvalue weighted by Gasteiger charge is 2.29. The van der Waals surface area contributed by atoms with Gasteiger partial charge in [-0.1, -0.05) is 11.8 Å². The monoisotopic (exact) mass is 233 g/mol. The van der Waals surface area contributed by atoms with Crippen LogP contribution in [-0.2, 0) is 4.79 Å². The lowest BCUT2D eigenvalue weighted by Crippen LogP contribution is -2.13. The number of aliphatic hydroxyl groups is 1. The first-order valence-electron chi connectivity index (χ1n) is 5.41. The third-order valence-electron chi connectivity index (χ3n) is 2.48. The second kappa shape index (κ2) is 4.98. The molecule has 1 amide bonds. The minimum absolute atomic E-state index is 0.0299. The van der Waals surface area contributed by atoms with Crippen LogP contribution >= 0.6 is 0 Å². The van der Waals surface area contributed by atoms with Gasteiger partial charge in [-0.3, -0.25) is 4.79 Å². The molecule has 0 aromatic heterocycles. The van der Waals surface area contributed by atoms with Gasteiger partial charge in [0.1, 0.15) is 12.4 Å². The van der Waals surface area contributed by atoms with Gasteiger partial charge in [0.25, 0.3) is 0 Å². The molecule has 2 N–H and O–H groups in total. The van der Waals surface area contributed by atoms with Crippen molar-refractivity contribution in [3.05, 3.63) is 29.6 Å². The van der Waals surface area contributed by atoms with Crippen LogP contribution in [-0.4, -0.2) is 17.6 Å². The van der Waals surface area contributed by atoms with E-state index < -0.39 is 5.82 Å². The fraction of sp³-hybridized carbons (Fsp3) is 0.308. The summed E-state index contributed by atoms with van der Waals surface area (Å²) in [5.41, 5.74) is 0.707. The van der Waals surface area contributed by atoms with Gasteiger partial charge in [0, 0.05) is 11.6 Å². The Labute approximate surface area is 98.7 Å². The van der Waals surface area contributed by atoms with Crippen LogP contribution in [0.3, 0.4) is 0 Å². The van der Waals surface area contributed by atoms with Crippen molar-refractivity contribution in [3.8, 4) is 11.8 Å². The fourth-order valence-electron chi connectivity index (χ4n) is 1.42. The van der Waals surface area contributed by atoms with Crippen molar-refractivity contribution >= 4 is 11.6 Å². The second-order valence-electron chi connectivity index (χ2n) is 3.92. The number of aliphatic hydroxyl groups excluding tert-OH is 1. The number of hydrogen-bond acceptors (Lipinski definition) is 2. The summed E-state index contributed by atoms with van der Waals surface area (Å²) >= 11 is 0. The highest BCUT2D eigenvalue weighted by atomic mass is 19.1. The van der Waals surface area contributed by atoms with Crippen LogP contribution in [0.15, 0.2) is 18.2 Å². The zero-order valence-corrected chi connectivity index (χ0v) is 9.16. The van der Waals surface area contributed by atoms with Gasteiger partial charge in [-0.15, -0.1) is 0 Å². The minimum atomic E-state index is -0.463. The number of rotatable bonds is 2. The van der Waals surface area contributed by atoms with E-state index in [1.807, 2.05) is 0 Å². The number of hydrogen-bond donors (Lipinski definition) is 2. The largest absolute Gasteiger partial charge is 0.384 e. The van der Waals surface area contributed by atoms with Crippen LogP contribution < -0.4 is 5.32 Å². The average Bonchev–Trinajstić information content (AvgIpc) is 3.13. The maximum atomic E-state index is 13.3. The lowest BCUT2D eigenvalue weighted by molar-refractivity contribution is -0.117. The molecule has 1 saturated carbocycles. The maximum absolute atomic E-state index is 13.3. The number of carbonyl (C=O) groups is 1. The van der Waals surface area contributed by atoms with Crippen LogP contribution in [0.4, 0.5) is 10.1 Å². The molecule has 4 heteroatoms. The Morgan fingerprint density at radius 3 is 2.94 bits per heavy atom. The van der Waals surface area contributed by atoms with E-state index in [1.165, 1.54) is 18.2 Å². The van der Waals surface area contributed by atoms with Crippen molar-refractivity contribution in [2.75, 3.05) is 11.9 Å². The molecule has 1 aliphatic rings. The van der Waals surface area contributed by atoms with Crippen molar-refractivity contribution in [1.82, 2.24) is 0 Å². The summed E-state index contributed by atoms with van der Waals surface area (Å²) in [6, 6.07) is 4.22. The van der Waals surface area contributed by atoms with Crippen molar-refractivity contribution in [3.63, 3.8) is 0 Å². The molecule has 3 nitrogen and oxygen atoms in total. The Balaban J connectivity index is 2.14. The number of amides is 1. The smallest absolute Gasteiger partial charge is 0.227 e. The van der Waals surface area contributed by atoms with Crippen molar-refractivity contribution in [1.29, 1.82) is 0 Å². The third kappa shape index (κ3) is 3.05. The Kier molecular flexibility index (Phi) is 3.40. The van der Waals surface area contributed by atoms with Gasteiger partial charge in [-0.25, -0.2) is 4.39 Å². The molecule has 1 aliphatic carbocycles. The van der Waals surface area contributed by atoms with Crippen LogP contribution in [0, 0.1) is 23.6 Å². The first-order valence-corrected chi connectivity index (χ1v) is 5.41. The molecule has 1 aromatic rings. The van der Waals surface area contributed by atoms with Gasteiger partial charge in [-0.05, 0) is 31.0 Å². The van der Waals surface area contributed by atoms with Crippen molar-refractivity contribution in [2.24, 2.45) is 5.92 Å². The highest BCUT2D eigenvalue weighted by Crippen LogP contribution is 2.30. The second-order valence-corrected chi connectivity index (χ2v) is 3.92. The summed E-state index contributed by atoms with van der Waals surface area (Å²) in [5, 5.41) is 11.3. The Morgan fingerprint density at radius 2 is 2.29 bits per heavy atom. The SMILES string of the molecule is O=C(Nc1ccc(F)c(C#CCO)c1)C1CC1. The predicted octanol–water partition coefficient (Wildman–Crippen LogP) is 1.52. The average molecular weight is 233 g/mol. The molecule has 1 fully saturated rings. The zero-order chi connectivity index (χ0) is 12.3. The van der Waals surface area contributed by atoms with E-state index in [2.05, 4.69) is 17.2 Å². The third-order valence-corrected chi connectivity index (χ3v) is 2.48. The normalized spacial score (nSPS) is 13.8. The molecule has 0 radical (unpaired) electrons. The highest BCUT2D eigenvalue weighted by molar-refractivity contribution is 5.94. The summed E-state index contributed by atoms with van der Waals surface area (Å²) in [7, 11) is 0. The van der Waals surface area contributed by atoms with Gasteiger partial charge in [0.15, 0.2) is 0 Å². The van der Waals surface area contributed by atoms with Gasteiger partial charge >= 0.3 is 0 Å². The summed E-state index contributed by atoms with van der Waals surface area (Å²) < 4.78 is 13.3. The van der Waals surface area contributed by atoms with E-state index >= 15 is 0 Å². The number of anilines is 1. The molecular weight excluding hydrogens is 221 g/mol. The number of benzene rings is 1. The molecule has 88 valence electrons. The van der Waals surface area contributed by atoms with E-state index in [0.717, 1.165) is 12.8 Å². The quantitative estimate of drug-likeness (QED) is 0.761. The summed E-state index contributed by atoms with van der Waals surface area (Å²) in [6.07, 6.45) is 1.84. The summed E-state index contributed by atoms with van der Waals surface area (Å²) in [5.74, 6) is 4.48. The molecule has 0 saturated heterocycles. The van der Waals surface area contributed by atoms with Crippen LogP contribution in [0.1, 0.15) is 18.4 Å². The van der Waals surface area contributed by atoms with E-state index in [4.69, 9.17) is 5.11 Å². The molecule has 1 aromatic carbocycles. The van der Waals surface area contributed by atoms with E-state index in [0.29, 0.717) is 5.69 Å². The Morgan fingerprint density at radius 1 is 1.53 bits per heavy atom. The van der Waals surface area contributed by atoms with Gasteiger partial charge in [-0.2, -0.15) is 0 Å². The molecule has 0 unspecified atom stereocenters. The number of halogens is 1. The molecule has 0 bridgehead atoms. The lowest BCUT2D eigenvalue weighted by Gasteiger charge is -2.04. The van der Waals surface area contributed by atoms with Crippen molar-refractivity contribution < 1.29 is 14.3 Å². The lowest BCUT2D eigenvalue weighted by atomic mass is 10.2. The molecule has 0 atom stereocenters. The van der Waals surface area contributed by atoms with Crippen LogP contribution in [0.5, 0.6) is 0 Å². The molecule has 17 heavy (non-hydrogen) atoms. The minimum Gasteiger partial charge on any atom is -0.384 e. The van der Waals surface area contributed by atoms with E-state index in [1.54, 1.807) is 0 Å². The Hall–Kier alpha value is -1.86. The zero-order valence-electron chi connectivity index (χ0n) is 9.16. The van der Waals surface area contributed by atoms with E-state index in [-0.39, 0.29) is 24.0 Å². The van der Waals surface area contributed by atoms with Crippen LogP contribution in [0.25, 0.3) is 0 Å². The van der Waals surface area contributed by atoms with Gasteiger partial charge in [0.05, 0.1) is 5.56 Å². The molecule has 0 heterocycles. The topological polar surface area (TPSA) is 49.3 Å². The van der Waals surface area contributed by atoms with Crippen LogP contribution in [0.2, 0.25) is 0 Å². The fourth-order valence-corrected chi connectivity index (χ4v) is 1.42. The molecule has 0 aliphatic heterocycles. The van der Waals surface area contributed by atoms with Crippen molar-refractivity contribution in [2.45, 2.75) is 12.8 Å². The predicted molar refractivity (Wildman–Crippen MR) is 61.7 cm³/mol. The molecular formula is C13H12FNO2. The first-order chi connectivity index (χ1) is 8.20. The molecule has 0 spiro atoms. The summed E-state index contributed by atoms with van der Waals surface area (Å²) in [4.78, 5) is 11.5. The van der Waals surface area contributed by atoms with Gasteiger partial charge < -0.3 is 10.4 Å². The standard InChI is InChI=1S/C13H12FNO2/c14-12-6-5-11(8-10(12)2-1-7-16)15-13(17)9-3-4-9/h5-6,8-9,16H,3-4,7H2,(H,15,17). The number of carbonyl (C=O) groups excluding carboxylic acids is 1. The van der Waals surface area contributed by atoms with E-state index in [9.17, 15) is 9.18 Å². The Bertz CT molecular complexity index is 498. The van der Waals surface area contributed by atoms with Gasteiger partial charge in [0.2, 0.25) is 5.91 Å². The molecule has 2 rings (SSSR count). The first kappa shape index (κ1) is 11.6. The summed E-state index contributed by atoms with van der Waals surface area (Å²) in [6.45, 7) is -0.321. The maximum Gasteiger partial charge on any atom is 0.227 e.